The van der Waals surface area contributed by atoms with Gasteiger partial charge in [0.25, 0.3) is 0 Å². The van der Waals surface area contributed by atoms with Crippen molar-refractivity contribution in [2.45, 2.75) is 51.2 Å². The maximum absolute atomic E-state index is 13.0. The fourth-order valence-corrected chi connectivity index (χ4v) is 3.78. The Morgan fingerprint density at radius 2 is 1.38 bits per heavy atom. The highest BCUT2D eigenvalue weighted by Gasteiger charge is 2.27. The van der Waals surface area contributed by atoms with Crippen molar-refractivity contribution >= 4 is 29.6 Å². The van der Waals surface area contributed by atoms with Crippen LogP contribution in [-0.2, 0) is 36.8 Å². The molecule has 0 saturated carbocycles. The predicted octanol–water partition coefficient (Wildman–Crippen LogP) is 0.271. The molecule has 0 aliphatic heterocycles. The first-order chi connectivity index (χ1) is 18.9. The zero-order chi connectivity index (χ0) is 29.7. The summed E-state index contributed by atoms with van der Waals surface area (Å²) in [4.78, 5) is 61.5. The fourth-order valence-electron chi connectivity index (χ4n) is 3.78. The second kappa shape index (κ2) is 15.9. The molecule has 0 saturated heterocycles. The number of rotatable bonds is 15. The quantitative estimate of drug-likeness (QED) is 0.182. The average molecular weight is 558 g/mol. The third-order valence-electron chi connectivity index (χ3n) is 5.83. The molecule has 3 atom stereocenters. The lowest BCUT2D eigenvalue weighted by Gasteiger charge is -2.22. The van der Waals surface area contributed by atoms with E-state index in [2.05, 4.69) is 21.3 Å². The molecule has 0 bridgehead atoms. The van der Waals surface area contributed by atoms with Crippen molar-refractivity contribution in [1.82, 2.24) is 21.3 Å². The first-order valence-electron chi connectivity index (χ1n) is 12.9. The molecular weight excluding hydrogens is 521 g/mol. The highest BCUT2D eigenvalue weighted by atomic mass is 19.1. The largest absolute Gasteiger partial charge is 0.480 e. The van der Waals surface area contributed by atoms with Crippen molar-refractivity contribution in [3.05, 3.63) is 71.5 Å². The number of carboxylic acids is 1. The van der Waals surface area contributed by atoms with Gasteiger partial charge in [0.15, 0.2) is 0 Å². The molecule has 2 rings (SSSR count). The topological polar surface area (TPSA) is 180 Å². The molecule has 0 heterocycles. The molecule has 12 heteroatoms. The normalized spacial score (nSPS) is 13.0. The van der Waals surface area contributed by atoms with Gasteiger partial charge in [-0.1, -0.05) is 56.3 Å². The van der Waals surface area contributed by atoms with Crippen LogP contribution in [0.25, 0.3) is 0 Å². The van der Waals surface area contributed by atoms with Crippen LogP contribution >= 0.6 is 0 Å². The average Bonchev–Trinajstić information content (AvgIpc) is 2.91. The van der Waals surface area contributed by atoms with Gasteiger partial charge in [0, 0.05) is 6.42 Å². The van der Waals surface area contributed by atoms with Crippen LogP contribution in [0.4, 0.5) is 4.39 Å². The maximum Gasteiger partial charge on any atom is 0.326 e. The number of carboxylic acid groups (broad SMARTS) is 1. The van der Waals surface area contributed by atoms with Crippen LogP contribution in [0.1, 0.15) is 31.4 Å². The van der Waals surface area contributed by atoms with Gasteiger partial charge in [-0.25, -0.2) is 9.18 Å². The fraction of sp³-hybridized carbons (Fsp3) is 0.393. The molecule has 40 heavy (non-hydrogen) atoms. The van der Waals surface area contributed by atoms with Crippen LogP contribution in [0.3, 0.4) is 0 Å². The van der Waals surface area contributed by atoms with E-state index < -0.39 is 66.6 Å². The molecule has 2 aromatic rings. The van der Waals surface area contributed by atoms with Crippen LogP contribution in [0.2, 0.25) is 0 Å². The summed E-state index contributed by atoms with van der Waals surface area (Å²) in [5.41, 5.74) is 7.23. The Hall–Kier alpha value is -4.32. The number of nitrogens with two attached hydrogens (primary N) is 1. The van der Waals surface area contributed by atoms with E-state index in [1.165, 1.54) is 24.3 Å². The van der Waals surface area contributed by atoms with Gasteiger partial charge in [0.1, 0.15) is 17.9 Å². The molecule has 0 spiro atoms. The first-order valence-corrected chi connectivity index (χ1v) is 12.9. The number of hydrogen-bond donors (Lipinski definition) is 6. The van der Waals surface area contributed by atoms with E-state index in [1.807, 2.05) is 13.8 Å². The summed E-state index contributed by atoms with van der Waals surface area (Å²) in [6.07, 6.45) is 0.450. The van der Waals surface area contributed by atoms with Crippen molar-refractivity contribution in [2.75, 3.05) is 13.1 Å². The van der Waals surface area contributed by atoms with Gasteiger partial charge in [-0.15, -0.1) is 0 Å². The molecule has 7 N–H and O–H groups in total. The van der Waals surface area contributed by atoms with Gasteiger partial charge in [-0.3, -0.25) is 19.2 Å². The van der Waals surface area contributed by atoms with Crippen molar-refractivity contribution in [3.8, 4) is 0 Å². The predicted molar refractivity (Wildman–Crippen MR) is 145 cm³/mol. The summed E-state index contributed by atoms with van der Waals surface area (Å²) in [6.45, 7) is 2.74. The van der Waals surface area contributed by atoms with Crippen molar-refractivity contribution in [1.29, 1.82) is 0 Å². The van der Waals surface area contributed by atoms with Crippen molar-refractivity contribution in [3.63, 3.8) is 0 Å². The zero-order valence-electron chi connectivity index (χ0n) is 22.5. The smallest absolute Gasteiger partial charge is 0.326 e. The number of carbonyl (C=O) groups excluding carboxylic acids is 4. The Kier molecular flexibility index (Phi) is 12.7. The van der Waals surface area contributed by atoms with Crippen LogP contribution in [0, 0.1) is 11.7 Å². The molecule has 11 nitrogen and oxygen atoms in total. The number of nitrogens with one attached hydrogen (secondary N) is 4. The summed E-state index contributed by atoms with van der Waals surface area (Å²) in [7, 11) is 0. The van der Waals surface area contributed by atoms with E-state index in [0.717, 1.165) is 5.56 Å². The SMILES string of the molecule is CC(C)CC(NC(=O)[C@@H](Cc1ccccc1)NC(=O)CNC(=O)CNC(=O)[C@H](N)Cc1ccc(F)cc1)C(=O)O. The molecule has 1 unspecified atom stereocenters. The van der Waals surface area contributed by atoms with Crippen LogP contribution in [0.15, 0.2) is 54.6 Å². The highest BCUT2D eigenvalue weighted by molar-refractivity contribution is 5.93. The third kappa shape index (κ3) is 11.6. The number of halogens is 1. The second-order valence-electron chi connectivity index (χ2n) is 9.77. The number of amides is 4. The lowest BCUT2D eigenvalue weighted by atomic mass is 10.0. The summed E-state index contributed by atoms with van der Waals surface area (Å²) in [6, 6.07) is 11.2. The minimum atomic E-state index is -1.18. The Labute approximate surface area is 232 Å². The number of carbonyl (C=O) groups is 5. The Morgan fingerprint density at radius 1 is 0.775 bits per heavy atom. The van der Waals surface area contributed by atoms with E-state index in [9.17, 15) is 33.5 Å². The molecule has 2 aromatic carbocycles. The van der Waals surface area contributed by atoms with E-state index >= 15 is 0 Å². The lowest BCUT2D eigenvalue weighted by molar-refractivity contribution is -0.142. The minimum Gasteiger partial charge on any atom is -0.480 e. The van der Waals surface area contributed by atoms with Crippen LogP contribution in [0.5, 0.6) is 0 Å². The van der Waals surface area contributed by atoms with Crippen LogP contribution in [-0.4, -0.2) is 65.9 Å². The van der Waals surface area contributed by atoms with Gasteiger partial charge in [0.05, 0.1) is 19.1 Å². The zero-order valence-corrected chi connectivity index (χ0v) is 22.5. The summed E-state index contributed by atoms with van der Waals surface area (Å²) < 4.78 is 13.0. The maximum atomic E-state index is 13.0. The summed E-state index contributed by atoms with van der Waals surface area (Å²) >= 11 is 0. The Morgan fingerprint density at radius 3 is 1.98 bits per heavy atom. The van der Waals surface area contributed by atoms with Gasteiger partial charge >= 0.3 is 5.97 Å². The molecule has 216 valence electrons. The van der Waals surface area contributed by atoms with E-state index in [1.54, 1.807) is 30.3 Å². The molecule has 0 aliphatic rings. The summed E-state index contributed by atoms with van der Waals surface area (Å²) in [5.74, 6) is -4.19. The standard InChI is InChI=1S/C28H36FN5O6/c1-17(2)12-23(28(39)40)34-27(38)22(14-18-6-4-3-5-7-18)33-25(36)16-31-24(35)15-32-26(37)21(30)13-19-8-10-20(29)11-9-19/h3-11,17,21-23H,12-16,30H2,1-2H3,(H,31,35)(H,32,37)(H,33,36)(H,34,38)(H,39,40)/t21-,22-,23?/m1/s1. The Balaban J connectivity index is 1.88. The van der Waals surface area contributed by atoms with Gasteiger partial charge < -0.3 is 32.1 Å². The third-order valence-corrected chi connectivity index (χ3v) is 5.83. The number of aliphatic carboxylic acids is 1. The molecular formula is C28H36FN5O6. The molecule has 0 aliphatic carbocycles. The molecule has 0 fully saturated rings. The molecule has 0 radical (unpaired) electrons. The monoisotopic (exact) mass is 557 g/mol. The van der Waals surface area contributed by atoms with Crippen molar-refractivity contribution in [2.24, 2.45) is 11.7 Å². The van der Waals surface area contributed by atoms with Gasteiger partial charge in [-0.2, -0.15) is 0 Å². The van der Waals surface area contributed by atoms with E-state index in [-0.39, 0.29) is 25.2 Å². The van der Waals surface area contributed by atoms with Gasteiger partial charge in [0.2, 0.25) is 23.6 Å². The van der Waals surface area contributed by atoms with Crippen LogP contribution < -0.4 is 27.0 Å². The van der Waals surface area contributed by atoms with Gasteiger partial charge in [-0.05, 0) is 42.0 Å². The summed E-state index contributed by atoms with van der Waals surface area (Å²) in [5, 5.41) is 19.2. The number of benzene rings is 2. The molecule has 0 aromatic heterocycles. The Bertz CT molecular complexity index is 1160. The van der Waals surface area contributed by atoms with E-state index in [4.69, 9.17) is 5.73 Å². The van der Waals surface area contributed by atoms with E-state index in [0.29, 0.717) is 5.56 Å². The highest BCUT2D eigenvalue weighted by Crippen LogP contribution is 2.08. The lowest BCUT2D eigenvalue weighted by Crippen LogP contribution is -2.54. The first kappa shape index (κ1) is 31.9. The second-order valence-corrected chi connectivity index (χ2v) is 9.77. The molecule has 4 amide bonds. The minimum absolute atomic E-state index is 0.0109. The number of hydrogen-bond acceptors (Lipinski definition) is 6. The van der Waals surface area contributed by atoms with Crippen molar-refractivity contribution < 1.29 is 33.5 Å².